The Morgan fingerprint density at radius 3 is 1.47 bits per heavy atom. The average Bonchev–Trinajstić information content (AvgIpc) is 2.95. The fourth-order valence-electron chi connectivity index (χ4n) is 4.36. The van der Waals surface area contributed by atoms with Crippen LogP contribution in [0.4, 0.5) is 17.1 Å². The molecule has 0 bridgehead atoms. The van der Waals surface area contributed by atoms with Crippen molar-refractivity contribution in [2.75, 3.05) is 4.90 Å². The molecule has 6 heteroatoms. The SMILES string of the molecule is N#Cc1ccc(-c2ncnc(-c3ccc(C#N)cc3)c2N2c3ccccc3Oc3ccccc32)cc1. The maximum Gasteiger partial charge on any atom is 0.151 e. The molecule has 0 N–H and O–H groups in total. The molecule has 0 spiro atoms. The second kappa shape index (κ2) is 8.72. The second-order valence-corrected chi connectivity index (χ2v) is 8.17. The van der Waals surface area contributed by atoms with E-state index in [4.69, 9.17) is 14.7 Å². The molecule has 1 aliphatic rings. The third-order valence-corrected chi connectivity index (χ3v) is 6.05. The lowest BCUT2D eigenvalue weighted by Gasteiger charge is -2.34. The van der Waals surface area contributed by atoms with Crippen molar-refractivity contribution in [3.63, 3.8) is 0 Å². The molecule has 36 heavy (non-hydrogen) atoms. The van der Waals surface area contributed by atoms with E-state index in [-0.39, 0.29) is 0 Å². The number of anilines is 3. The lowest BCUT2D eigenvalue weighted by atomic mass is 10.0. The molecule has 0 fully saturated rings. The molecule has 6 nitrogen and oxygen atoms in total. The number of fused-ring (bicyclic) bond motifs is 2. The van der Waals surface area contributed by atoms with E-state index in [9.17, 15) is 10.5 Å². The van der Waals surface area contributed by atoms with Crippen LogP contribution in [0.15, 0.2) is 103 Å². The van der Waals surface area contributed by atoms with Crippen LogP contribution in [0.25, 0.3) is 22.5 Å². The van der Waals surface area contributed by atoms with Crippen LogP contribution in [-0.2, 0) is 0 Å². The Kier molecular flexibility index (Phi) is 5.11. The summed E-state index contributed by atoms with van der Waals surface area (Å²) in [6, 6.07) is 34.7. The Hall–Kier alpha value is -5.46. The van der Waals surface area contributed by atoms with Gasteiger partial charge in [-0.25, -0.2) is 9.97 Å². The number of benzene rings is 4. The van der Waals surface area contributed by atoms with Gasteiger partial charge in [0.05, 0.1) is 51.7 Å². The van der Waals surface area contributed by atoms with Crippen molar-refractivity contribution < 1.29 is 4.74 Å². The highest BCUT2D eigenvalue weighted by Gasteiger charge is 2.30. The molecule has 0 amide bonds. The van der Waals surface area contributed by atoms with E-state index in [1.54, 1.807) is 30.6 Å². The highest BCUT2D eigenvalue weighted by Crippen LogP contribution is 2.53. The minimum Gasteiger partial charge on any atom is -0.453 e. The number of nitriles is 2. The number of aromatic nitrogens is 2. The van der Waals surface area contributed by atoms with E-state index in [1.165, 1.54) is 0 Å². The zero-order chi connectivity index (χ0) is 24.5. The maximum absolute atomic E-state index is 9.29. The normalized spacial score (nSPS) is 11.4. The lowest BCUT2D eigenvalue weighted by Crippen LogP contribution is -2.18. The molecule has 1 aliphatic heterocycles. The molecular formula is C30H17N5O. The number of ether oxygens (including phenoxy) is 1. The molecule has 5 aromatic rings. The van der Waals surface area contributed by atoms with E-state index in [0.717, 1.165) is 39.7 Å². The van der Waals surface area contributed by atoms with Crippen LogP contribution in [0.1, 0.15) is 11.1 Å². The van der Waals surface area contributed by atoms with Gasteiger partial charge in [0.15, 0.2) is 11.5 Å². The topological polar surface area (TPSA) is 85.8 Å². The number of nitrogens with zero attached hydrogens (tertiary/aromatic N) is 5. The van der Waals surface area contributed by atoms with Gasteiger partial charge in [0.1, 0.15) is 6.33 Å². The summed E-state index contributed by atoms with van der Waals surface area (Å²) in [7, 11) is 0. The predicted molar refractivity (Wildman–Crippen MR) is 137 cm³/mol. The fraction of sp³-hybridized carbons (Fsp3) is 0. The summed E-state index contributed by atoms with van der Waals surface area (Å²) in [5.74, 6) is 1.44. The van der Waals surface area contributed by atoms with Crippen LogP contribution < -0.4 is 9.64 Å². The van der Waals surface area contributed by atoms with Crippen molar-refractivity contribution in [2.24, 2.45) is 0 Å². The Morgan fingerprint density at radius 2 is 1.03 bits per heavy atom. The molecule has 0 unspecified atom stereocenters. The highest BCUT2D eigenvalue weighted by molar-refractivity contribution is 5.97. The van der Waals surface area contributed by atoms with Gasteiger partial charge in [0.2, 0.25) is 0 Å². The molecule has 6 rings (SSSR count). The summed E-state index contributed by atoms with van der Waals surface area (Å²) in [5.41, 5.74) is 6.75. The molecule has 168 valence electrons. The quantitative estimate of drug-likeness (QED) is 0.277. The number of para-hydroxylation sites is 4. The molecule has 0 radical (unpaired) electrons. The van der Waals surface area contributed by atoms with Gasteiger partial charge in [-0.15, -0.1) is 0 Å². The summed E-state index contributed by atoms with van der Waals surface area (Å²) in [6.07, 6.45) is 1.54. The van der Waals surface area contributed by atoms with Crippen LogP contribution in [0.2, 0.25) is 0 Å². The first-order chi connectivity index (χ1) is 17.8. The number of hydrogen-bond donors (Lipinski definition) is 0. The monoisotopic (exact) mass is 463 g/mol. The predicted octanol–water partition coefficient (Wildman–Crippen LogP) is 7.13. The first-order valence-corrected chi connectivity index (χ1v) is 11.3. The third-order valence-electron chi connectivity index (χ3n) is 6.05. The number of hydrogen-bond acceptors (Lipinski definition) is 6. The van der Waals surface area contributed by atoms with Crippen molar-refractivity contribution in [1.29, 1.82) is 10.5 Å². The Labute approximate surface area is 207 Å². The first-order valence-electron chi connectivity index (χ1n) is 11.3. The van der Waals surface area contributed by atoms with Gasteiger partial charge in [-0.3, -0.25) is 4.90 Å². The molecule has 0 saturated carbocycles. The third kappa shape index (κ3) is 3.51. The molecule has 1 aromatic heterocycles. The number of rotatable bonds is 3. The van der Waals surface area contributed by atoms with Gasteiger partial charge in [0.25, 0.3) is 0 Å². The lowest BCUT2D eigenvalue weighted by molar-refractivity contribution is 0.477. The van der Waals surface area contributed by atoms with Crippen molar-refractivity contribution >= 4 is 17.1 Å². The minimum atomic E-state index is 0.573. The van der Waals surface area contributed by atoms with Crippen LogP contribution in [0, 0.1) is 22.7 Å². The zero-order valence-corrected chi connectivity index (χ0v) is 19.0. The smallest absolute Gasteiger partial charge is 0.151 e. The highest BCUT2D eigenvalue weighted by atomic mass is 16.5. The van der Waals surface area contributed by atoms with Crippen LogP contribution in [0.3, 0.4) is 0 Å². The van der Waals surface area contributed by atoms with Gasteiger partial charge in [-0.1, -0.05) is 48.5 Å². The van der Waals surface area contributed by atoms with Gasteiger partial charge in [-0.05, 0) is 48.5 Å². The average molecular weight is 464 g/mol. The van der Waals surface area contributed by atoms with Crippen molar-refractivity contribution in [3.8, 4) is 46.2 Å². The minimum absolute atomic E-state index is 0.573. The second-order valence-electron chi connectivity index (χ2n) is 8.17. The van der Waals surface area contributed by atoms with E-state index < -0.39 is 0 Å². The van der Waals surface area contributed by atoms with Crippen LogP contribution >= 0.6 is 0 Å². The fourth-order valence-corrected chi connectivity index (χ4v) is 4.36. The van der Waals surface area contributed by atoms with E-state index >= 15 is 0 Å². The molecule has 0 aliphatic carbocycles. The Balaban J connectivity index is 1.67. The van der Waals surface area contributed by atoms with Crippen molar-refractivity contribution in [2.45, 2.75) is 0 Å². The van der Waals surface area contributed by atoms with Gasteiger partial charge >= 0.3 is 0 Å². The van der Waals surface area contributed by atoms with Gasteiger partial charge < -0.3 is 4.74 Å². The van der Waals surface area contributed by atoms with Gasteiger partial charge in [0, 0.05) is 11.1 Å². The summed E-state index contributed by atoms with van der Waals surface area (Å²) in [6.45, 7) is 0. The van der Waals surface area contributed by atoms with Crippen LogP contribution in [-0.4, -0.2) is 9.97 Å². The summed E-state index contributed by atoms with van der Waals surface area (Å²) in [4.78, 5) is 11.6. The Morgan fingerprint density at radius 1 is 0.583 bits per heavy atom. The molecule has 4 aromatic carbocycles. The van der Waals surface area contributed by atoms with Gasteiger partial charge in [-0.2, -0.15) is 10.5 Å². The van der Waals surface area contributed by atoms with Crippen LogP contribution in [0.5, 0.6) is 11.5 Å². The van der Waals surface area contributed by atoms with Crippen molar-refractivity contribution in [1.82, 2.24) is 9.97 Å². The largest absolute Gasteiger partial charge is 0.453 e. The summed E-state index contributed by atoms with van der Waals surface area (Å²) < 4.78 is 6.23. The summed E-state index contributed by atoms with van der Waals surface area (Å²) >= 11 is 0. The first kappa shape index (κ1) is 21.1. The molecule has 2 heterocycles. The zero-order valence-electron chi connectivity index (χ0n) is 19.0. The van der Waals surface area contributed by atoms with E-state index in [1.807, 2.05) is 72.8 Å². The standard InChI is InChI=1S/C30H17N5O/c31-17-20-9-13-22(14-10-20)28-30(29(34-19-33-28)23-15-11-21(18-32)12-16-23)35-24-5-1-3-7-26(24)36-27-8-4-2-6-25(27)35/h1-16,19H. The molecule has 0 saturated heterocycles. The van der Waals surface area contributed by atoms with Crippen molar-refractivity contribution in [3.05, 3.63) is 115 Å². The maximum atomic E-state index is 9.29. The Bertz CT molecular complexity index is 1560. The molecule has 0 atom stereocenters. The van der Waals surface area contributed by atoms with E-state index in [0.29, 0.717) is 22.5 Å². The van der Waals surface area contributed by atoms with E-state index in [2.05, 4.69) is 17.0 Å². The molecular weight excluding hydrogens is 446 g/mol. The summed E-state index contributed by atoms with van der Waals surface area (Å²) in [5, 5.41) is 18.6.